The van der Waals surface area contributed by atoms with Crippen molar-refractivity contribution in [1.82, 2.24) is 4.90 Å². The summed E-state index contributed by atoms with van der Waals surface area (Å²) in [6.07, 6.45) is -0.467. The van der Waals surface area contributed by atoms with Crippen molar-refractivity contribution in [1.29, 1.82) is 0 Å². The lowest BCUT2D eigenvalue weighted by atomic mass is 10.0. The van der Waals surface area contributed by atoms with E-state index < -0.39 is 28.6 Å². The molecule has 0 aliphatic carbocycles. The summed E-state index contributed by atoms with van der Waals surface area (Å²) in [5.74, 6) is -1.07. The molecule has 0 aromatic heterocycles. The van der Waals surface area contributed by atoms with E-state index in [0.29, 0.717) is 5.56 Å². The third-order valence-corrected chi connectivity index (χ3v) is 3.48. The fraction of sp³-hybridized carbons (Fsp3) is 0.556. The van der Waals surface area contributed by atoms with Crippen LogP contribution < -0.4 is 0 Å². The number of carbonyl (C=O) groups excluding carboxylic acids is 1. The predicted octanol–water partition coefficient (Wildman–Crippen LogP) is 3.83. The van der Waals surface area contributed by atoms with Gasteiger partial charge < -0.3 is 9.84 Å². The highest BCUT2D eigenvalue weighted by atomic mass is 16.6. The number of hydrogen-bond donors (Lipinski definition) is 1. The van der Waals surface area contributed by atoms with E-state index in [-0.39, 0.29) is 24.6 Å². The lowest BCUT2D eigenvalue weighted by Gasteiger charge is -2.32. The van der Waals surface area contributed by atoms with E-state index in [1.807, 2.05) is 13.8 Å². The second-order valence-electron chi connectivity index (χ2n) is 7.52. The minimum Gasteiger partial charge on any atom is -0.480 e. The van der Waals surface area contributed by atoms with Crippen LogP contribution in [0.15, 0.2) is 24.3 Å². The molecule has 1 amide bonds. The first-order valence-electron chi connectivity index (χ1n) is 8.36. The summed E-state index contributed by atoms with van der Waals surface area (Å²) in [4.78, 5) is 35.7. The Morgan fingerprint density at radius 2 is 1.77 bits per heavy atom. The van der Waals surface area contributed by atoms with Crippen molar-refractivity contribution in [3.8, 4) is 0 Å². The molecule has 8 heteroatoms. The monoisotopic (exact) mass is 366 g/mol. The Morgan fingerprint density at radius 3 is 2.15 bits per heavy atom. The van der Waals surface area contributed by atoms with Crippen molar-refractivity contribution in [2.75, 3.05) is 0 Å². The zero-order chi connectivity index (χ0) is 20.1. The summed E-state index contributed by atoms with van der Waals surface area (Å²) in [6, 6.07) is 4.59. The van der Waals surface area contributed by atoms with E-state index in [4.69, 9.17) is 4.74 Å². The summed E-state index contributed by atoms with van der Waals surface area (Å²) in [6.45, 7) is 8.83. The van der Waals surface area contributed by atoms with Gasteiger partial charge in [0.1, 0.15) is 11.6 Å². The Morgan fingerprint density at radius 1 is 1.23 bits per heavy atom. The lowest BCUT2D eigenvalue weighted by Crippen LogP contribution is -2.47. The number of carboxylic acids is 1. The van der Waals surface area contributed by atoms with Crippen LogP contribution in [0.5, 0.6) is 0 Å². The first-order valence-corrected chi connectivity index (χ1v) is 8.36. The summed E-state index contributed by atoms with van der Waals surface area (Å²) in [5, 5.41) is 20.4. The predicted molar refractivity (Wildman–Crippen MR) is 95.8 cm³/mol. The molecular formula is C18H26N2O6. The maximum Gasteiger partial charge on any atom is 0.411 e. The maximum atomic E-state index is 12.6. The van der Waals surface area contributed by atoms with Gasteiger partial charge in [-0.3, -0.25) is 15.0 Å². The van der Waals surface area contributed by atoms with Crippen LogP contribution in [0.4, 0.5) is 10.5 Å². The van der Waals surface area contributed by atoms with Crippen molar-refractivity contribution in [3.63, 3.8) is 0 Å². The molecule has 1 aromatic rings. The number of ether oxygens (including phenoxy) is 1. The van der Waals surface area contributed by atoms with Gasteiger partial charge in [-0.15, -0.1) is 0 Å². The molecule has 0 saturated heterocycles. The normalized spacial score (nSPS) is 12.5. The Bertz CT molecular complexity index is 649. The molecule has 0 heterocycles. The number of nitro benzene ring substituents is 1. The van der Waals surface area contributed by atoms with E-state index in [1.165, 1.54) is 24.3 Å². The molecule has 0 radical (unpaired) electrons. The lowest BCUT2D eigenvalue weighted by molar-refractivity contribution is -0.384. The van der Waals surface area contributed by atoms with Crippen molar-refractivity contribution in [2.45, 2.75) is 59.2 Å². The molecule has 0 unspecified atom stereocenters. The summed E-state index contributed by atoms with van der Waals surface area (Å²) in [7, 11) is 0. The molecular weight excluding hydrogens is 340 g/mol. The third kappa shape index (κ3) is 6.70. The first-order chi connectivity index (χ1) is 11.9. The Hall–Kier alpha value is -2.64. The SMILES string of the molecule is CC(C)C[C@@H](C(=O)O)N(Cc1ccc([N+](=O)[O-])cc1)C(=O)OC(C)(C)C. The average molecular weight is 366 g/mol. The minimum absolute atomic E-state index is 0.0173. The van der Waals surface area contributed by atoms with Gasteiger partial charge >= 0.3 is 12.1 Å². The standard InChI is InChI=1S/C18H26N2O6/c1-12(2)10-15(16(21)22)19(17(23)26-18(3,4)5)11-13-6-8-14(9-7-13)20(24)25/h6-9,12,15H,10-11H2,1-5H3,(H,21,22)/t15-/m0/s1. The van der Waals surface area contributed by atoms with Crippen LogP contribution >= 0.6 is 0 Å². The van der Waals surface area contributed by atoms with Gasteiger partial charge in [-0.25, -0.2) is 9.59 Å². The van der Waals surface area contributed by atoms with Crippen LogP contribution in [0.3, 0.4) is 0 Å². The smallest absolute Gasteiger partial charge is 0.411 e. The Labute approximate surface area is 152 Å². The van der Waals surface area contributed by atoms with Gasteiger partial charge in [-0.2, -0.15) is 0 Å². The first kappa shape index (κ1) is 21.4. The number of amides is 1. The Balaban J connectivity index is 3.14. The van der Waals surface area contributed by atoms with Gasteiger partial charge in [0.25, 0.3) is 5.69 Å². The topological polar surface area (TPSA) is 110 Å². The molecule has 1 aromatic carbocycles. The van der Waals surface area contributed by atoms with E-state index >= 15 is 0 Å². The molecule has 1 atom stereocenters. The van der Waals surface area contributed by atoms with Crippen LogP contribution in [0, 0.1) is 16.0 Å². The van der Waals surface area contributed by atoms with Crippen LogP contribution in [-0.2, 0) is 16.1 Å². The number of nitrogens with zero attached hydrogens (tertiary/aromatic N) is 2. The highest BCUT2D eigenvalue weighted by molar-refractivity contribution is 5.80. The molecule has 0 saturated carbocycles. The number of carboxylic acid groups (broad SMARTS) is 1. The quantitative estimate of drug-likeness (QED) is 0.580. The van der Waals surface area contributed by atoms with E-state index in [9.17, 15) is 24.8 Å². The number of rotatable bonds is 7. The molecule has 0 fully saturated rings. The van der Waals surface area contributed by atoms with Gasteiger partial charge in [0.15, 0.2) is 0 Å². The number of aliphatic carboxylic acids is 1. The number of nitro groups is 1. The van der Waals surface area contributed by atoms with Crippen molar-refractivity contribution >= 4 is 17.7 Å². The molecule has 8 nitrogen and oxygen atoms in total. The zero-order valence-electron chi connectivity index (χ0n) is 15.8. The molecule has 1 N–H and O–H groups in total. The minimum atomic E-state index is -1.12. The number of non-ortho nitro benzene ring substituents is 1. The number of benzene rings is 1. The maximum absolute atomic E-state index is 12.6. The number of carbonyl (C=O) groups is 2. The third-order valence-electron chi connectivity index (χ3n) is 3.48. The fourth-order valence-corrected chi connectivity index (χ4v) is 2.35. The second kappa shape index (κ2) is 8.64. The van der Waals surface area contributed by atoms with Crippen LogP contribution in [-0.4, -0.2) is 38.6 Å². The van der Waals surface area contributed by atoms with Crippen molar-refractivity contribution < 1.29 is 24.4 Å². The van der Waals surface area contributed by atoms with E-state index in [1.54, 1.807) is 20.8 Å². The average Bonchev–Trinajstić information content (AvgIpc) is 2.48. The van der Waals surface area contributed by atoms with E-state index in [0.717, 1.165) is 4.90 Å². The molecule has 0 aliphatic rings. The van der Waals surface area contributed by atoms with Crippen molar-refractivity contribution in [3.05, 3.63) is 39.9 Å². The second-order valence-corrected chi connectivity index (χ2v) is 7.52. The van der Waals surface area contributed by atoms with Crippen LogP contribution in [0.2, 0.25) is 0 Å². The summed E-state index contributed by atoms with van der Waals surface area (Å²) >= 11 is 0. The summed E-state index contributed by atoms with van der Waals surface area (Å²) < 4.78 is 5.36. The van der Waals surface area contributed by atoms with Crippen molar-refractivity contribution in [2.24, 2.45) is 5.92 Å². The van der Waals surface area contributed by atoms with Gasteiger partial charge in [-0.1, -0.05) is 26.0 Å². The van der Waals surface area contributed by atoms with Gasteiger partial charge in [0.2, 0.25) is 0 Å². The molecule has 0 aliphatic heterocycles. The van der Waals surface area contributed by atoms with Gasteiger partial charge in [0.05, 0.1) is 4.92 Å². The Kier molecular flexibility index (Phi) is 7.11. The van der Waals surface area contributed by atoms with Gasteiger partial charge in [-0.05, 0) is 38.7 Å². The molecule has 0 bridgehead atoms. The van der Waals surface area contributed by atoms with Crippen LogP contribution in [0.1, 0.15) is 46.6 Å². The molecule has 144 valence electrons. The molecule has 0 spiro atoms. The van der Waals surface area contributed by atoms with Crippen LogP contribution in [0.25, 0.3) is 0 Å². The fourth-order valence-electron chi connectivity index (χ4n) is 2.35. The van der Waals surface area contributed by atoms with Gasteiger partial charge in [0, 0.05) is 18.7 Å². The highest BCUT2D eigenvalue weighted by Gasteiger charge is 2.33. The zero-order valence-corrected chi connectivity index (χ0v) is 15.8. The van der Waals surface area contributed by atoms with E-state index in [2.05, 4.69) is 0 Å². The highest BCUT2D eigenvalue weighted by Crippen LogP contribution is 2.21. The molecule has 1 rings (SSSR count). The largest absolute Gasteiger partial charge is 0.480 e. The molecule has 26 heavy (non-hydrogen) atoms. The number of hydrogen-bond acceptors (Lipinski definition) is 5. The summed E-state index contributed by atoms with van der Waals surface area (Å²) in [5.41, 5.74) is -0.267.